The molecule has 0 heterocycles. The van der Waals surface area contributed by atoms with Gasteiger partial charge in [0.25, 0.3) is 0 Å². The molecule has 0 aliphatic heterocycles. The molecule has 1 aromatic carbocycles. The maximum Gasteiger partial charge on any atom is 0.223 e. The van der Waals surface area contributed by atoms with Gasteiger partial charge in [0.15, 0.2) is 5.75 Å². The number of rotatable bonds is 1. The Morgan fingerprint density at radius 2 is 2.08 bits per heavy atom. The fourth-order valence-corrected chi connectivity index (χ4v) is 1.02. The summed E-state index contributed by atoms with van der Waals surface area (Å²) in [6.45, 7) is 3.68. The topological polar surface area (TPSA) is 37.3 Å². The summed E-state index contributed by atoms with van der Waals surface area (Å²) >= 11 is 0. The summed E-state index contributed by atoms with van der Waals surface area (Å²) in [5.74, 6) is -0.158. The lowest BCUT2D eigenvalue weighted by atomic mass is 10.2. The minimum Gasteiger partial charge on any atom is -0.504 e. The van der Waals surface area contributed by atoms with Gasteiger partial charge in [-0.1, -0.05) is 19.1 Å². The molecule has 0 fully saturated rings. The van der Waals surface area contributed by atoms with Crippen LogP contribution in [0.15, 0.2) is 23.0 Å². The zero-order valence-corrected chi connectivity index (χ0v) is 7.29. The Labute approximate surface area is 71.5 Å². The fourth-order valence-electron chi connectivity index (χ4n) is 1.02. The molecule has 0 bridgehead atoms. The maximum absolute atomic E-state index is 11.2. The minimum absolute atomic E-state index is 0.158. The molecule has 1 rings (SSSR count). The van der Waals surface area contributed by atoms with Crippen LogP contribution in [0.5, 0.6) is 5.75 Å². The molecule has 1 aromatic rings. The number of aromatic hydroxyl groups is 1. The van der Waals surface area contributed by atoms with E-state index in [0.29, 0.717) is 5.56 Å². The SMILES string of the molecule is CCc1ccc(C)c(=O)c(O)c1. The van der Waals surface area contributed by atoms with Crippen molar-refractivity contribution in [1.29, 1.82) is 0 Å². The number of hydrogen-bond acceptors (Lipinski definition) is 2. The summed E-state index contributed by atoms with van der Waals surface area (Å²) < 4.78 is 0. The van der Waals surface area contributed by atoms with Gasteiger partial charge in [-0.25, -0.2) is 0 Å². The van der Waals surface area contributed by atoms with Gasteiger partial charge in [-0.05, 0) is 25.0 Å². The molecule has 0 amide bonds. The monoisotopic (exact) mass is 164 g/mol. The number of aryl methyl sites for hydroxylation is 2. The van der Waals surface area contributed by atoms with E-state index in [0.717, 1.165) is 12.0 Å². The summed E-state index contributed by atoms with van der Waals surface area (Å²) in [5, 5.41) is 9.26. The molecule has 0 atom stereocenters. The van der Waals surface area contributed by atoms with Crippen LogP contribution in [0.25, 0.3) is 0 Å². The molecule has 2 heteroatoms. The van der Waals surface area contributed by atoms with Crippen LogP contribution in [0.1, 0.15) is 18.1 Å². The average molecular weight is 164 g/mol. The quantitative estimate of drug-likeness (QED) is 0.684. The van der Waals surface area contributed by atoms with Gasteiger partial charge in [0.05, 0.1) is 0 Å². The molecule has 1 N–H and O–H groups in total. The second kappa shape index (κ2) is 3.39. The van der Waals surface area contributed by atoms with Gasteiger partial charge in [-0.3, -0.25) is 4.79 Å². The van der Waals surface area contributed by atoms with Crippen LogP contribution in [0.2, 0.25) is 0 Å². The predicted octanol–water partition coefficient (Wildman–Crippen LogP) is 1.62. The standard InChI is InChI=1S/C10H12O2/c1-3-8-5-4-7(2)10(12)9(11)6-8/h4-6H,3H2,1-2H3,(H,11,12). The van der Waals surface area contributed by atoms with Crippen LogP contribution >= 0.6 is 0 Å². The minimum atomic E-state index is -0.283. The Balaban J connectivity index is 3.44. The van der Waals surface area contributed by atoms with E-state index in [2.05, 4.69) is 0 Å². The van der Waals surface area contributed by atoms with Gasteiger partial charge in [-0.2, -0.15) is 0 Å². The highest BCUT2D eigenvalue weighted by Crippen LogP contribution is 2.06. The van der Waals surface area contributed by atoms with E-state index >= 15 is 0 Å². The van der Waals surface area contributed by atoms with Gasteiger partial charge in [0.1, 0.15) is 0 Å². The maximum atomic E-state index is 11.2. The van der Waals surface area contributed by atoms with E-state index in [-0.39, 0.29) is 11.2 Å². The predicted molar refractivity (Wildman–Crippen MR) is 48.5 cm³/mol. The molecular weight excluding hydrogens is 152 g/mol. The lowest BCUT2D eigenvalue weighted by Gasteiger charge is -1.87. The molecule has 0 saturated heterocycles. The van der Waals surface area contributed by atoms with Crippen molar-refractivity contribution in [2.75, 3.05) is 0 Å². The van der Waals surface area contributed by atoms with Crippen LogP contribution in [0.3, 0.4) is 0 Å². The van der Waals surface area contributed by atoms with Crippen molar-refractivity contribution in [2.24, 2.45) is 0 Å². The first kappa shape index (κ1) is 8.78. The summed E-state index contributed by atoms with van der Waals surface area (Å²) in [7, 11) is 0. The molecule has 0 radical (unpaired) electrons. The van der Waals surface area contributed by atoms with E-state index in [9.17, 15) is 9.90 Å². The first-order chi connectivity index (χ1) is 5.65. The summed E-state index contributed by atoms with van der Waals surface area (Å²) in [4.78, 5) is 11.2. The normalized spacial score (nSPS) is 9.83. The van der Waals surface area contributed by atoms with Crippen LogP contribution < -0.4 is 5.43 Å². The number of hydrogen-bond donors (Lipinski definition) is 1. The van der Waals surface area contributed by atoms with Crippen LogP contribution in [-0.4, -0.2) is 5.11 Å². The van der Waals surface area contributed by atoms with Gasteiger partial charge in [0, 0.05) is 5.56 Å². The average Bonchev–Trinajstić information content (AvgIpc) is 2.19. The first-order valence-corrected chi connectivity index (χ1v) is 3.98. The summed E-state index contributed by atoms with van der Waals surface area (Å²) in [6, 6.07) is 5.12. The molecule has 0 aliphatic rings. The second-order valence-electron chi connectivity index (χ2n) is 2.80. The van der Waals surface area contributed by atoms with Crippen LogP contribution in [-0.2, 0) is 6.42 Å². The summed E-state index contributed by atoms with van der Waals surface area (Å²) in [6.07, 6.45) is 0.821. The van der Waals surface area contributed by atoms with E-state index in [1.165, 1.54) is 6.07 Å². The second-order valence-corrected chi connectivity index (χ2v) is 2.80. The van der Waals surface area contributed by atoms with Crippen molar-refractivity contribution >= 4 is 0 Å². The smallest absolute Gasteiger partial charge is 0.223 e. The van der Waals surface area contributed by atoms with Gasteiger partial charge >= 0.3 is 0 Å². The highest BCUT2D eigenvalue weighted by atomic mass is 16.3. The third-order valence-electron chi connectivity index (χ3n) is 1.87. The molecule has 12 heavy (non-hydrogen) atoms. The highest BCUT2D eigenvalue weighted by Gasteiger charge is 1.98. The molecule has 64 valence electrons. The van der Waals surface area contributed by atoms with E-state index < -0.39 is 0 Å². The summed E-state index contributed by atoms with van der Waals surface area (Å²) in [5.41, 5.74) is 1.26. The van der Waals surface area contributed by atoms with Gasteiger partial charge in [0.2, 0.25) is 5.43 Å². The van der Waals surface area contributed by atoms with Crippen molar-refractivity contribution in [3.8, 4) is 5.75 Å². The zero-order valence-electron chi connectivity index (χ0n) is 7.29. The lowest BCUT2D eigenvalue weighted by Crippen LogP contribution is -1.99. The zero-order chi connectivity index (χ0) is 9.14. The van der Waals surface area contributed by atoms with Crippen LogP contribution in [0.4, 0.5) is 0 Å². The van der Waals surface area contributed by atoms with E-state index in [1.807, 2.05) is 13.0 Å². The third-order valence-corrected chi connectivity index (χ3v) is 1.87. The Morgan fingerprint density at radius 1 is 1.42 bits per heavy atom. The molecule has 2 nitrogen and oxygen atoms in total. The third kappa shape index (κ3) is 1.64. The Kier molecular flexibility index (Phi) is 2.48. The van der Waals surface area contributed by atoms with Crippen molar-refractivity contribution in [2.45, 2.75) is 20.3 Å². The first-order valence-electron chi connectivity index (χ1n) is 3.98. The molecule has 0 unspecified atom stereocenters. The molecule has 0 aromatic heterocycles. The van der Waals surface area contributed by atoms with Crippen LogP contribution in [0, 0.1) is 6.92 Å². The van der Waals surface area contributed by atoms with E-state index in [1.54, 1.807) is 13.0 Å². The lowest BCUT2D eigenvalue weighted by molar-refractivity contribution is 0.470. The Bertz CT molecular complexity index is 342. The van der Waals surface area contributed by atoms with Crippen molar-refractivity contribution in [3.05, 3.63) is 39.5 Å². The molecule has 0 aliphatic carbocycles. The fraction of sp³-hybridized carbons (Fsp3) is 0.300. The highest BCUT2D eigenvalue weighted by molar-refractivity contribution is 5.30. The van der Waals surface area contributed by atoms with E-state index in [4.69, 9.17) is 0 Å². The Hall–Kier alpha value is -1.31. The largest absolute Gasteiger partial charge is 0.504 e. The van der Waals surface area contributed by atoms with Gasteiger partial charge < -0.3 is 5.11 Å². The molecule has 0 spiro atoms. The van der Waals surface area contributed by atoms with Gasteiger partial charge in [-0.15, -0.1) is 0 Å². The molecular formula is C10H12O2. The molecule has 0 saturated carbocycles. The van der Waals surface area contributed by atoms with Crippen molar-refractivity contribution in [3.63, 3.8) is 0 Å². The Morgan fingerprint density at radius 3 is 2.67 bits per heavy atom. The van der Waals surface area contributed by atoms with Crippen molar-refractivity contribution < 1.29 is 5.11 Å². The van der Waals surface area contributed by atoms with Crippen molar-refractivity contribution in [1.82, 2.24) is 0 Å².